The molecule has 0 radical (unpaired) electrons. The first-order valence-corrected chi connectivity index (χ1v) is 7.26. The first-order valence-electron chi connectivity index (χ1n) is 7.26. The van der Waals surface area contributed by atoms with Crippen LogP contribution in [-0.4, -0.2) is 11.9 Å². The van der Waals surface area contributed by atoms with Crippen molar-refractivity contribution in [2.75, 3.05) is 0 Å². The van der Waals surface area contributed by atoms with Gasteiger partial charge >= 0.3 is 0 Å². The molecule has 0 unspecified atom stereocenters. The summed E-state index contributed by atoms with van der Waals surface area (Å²) >= 11 is 0. The molecular formula is C19H16N2O. The van der Waals surface area contributed by atoms with Gasteiger partial charge in [-0.15, -0.1) is 0 Å². The summed E-state index contributed by atoms with van der Waals surface area (Å²) in [5.74, 6) is 0.0249. The molecule has 0 spiro atoms. The van der Waals surface area contributed by atoms with Crippen LogP contribution < -0.4 is 5.32 Å². The fourth-order valence-corrected chi connectivity index (χ4v) is 2.63. The van der Waals surface area contributed by atoms with Crippen molar-refractivity contribution in [2.45, 2.75) is 12.5 Å². The minimum Gasteiger partial charge on any atom is -0.349 e. The highest BCUT2D eigenvalue weighted by molar-refractivity contribution is 5.87. The molecule has 22 heavy (non-hydrogen) atoms. The molecule has 1 fully saturated rings. The molecule has 2 aromatic rings. The van der Waals surface area contributed by atoms with E-state index >= 15 is 0 Å². The molecule has 1 amide bonds. The molecule has 0 aliphatic carbocycles. The van der Waals surface area contributed by atoms with E-state index in [1.54, 1.807) is 6.07 Å². The first kappa shape index (κ1) is 14.1. The van der Waals surface area contributed by atoms with Crippen LogP contribution in [0.4, 0.5) is 5.69 Å². The summed E-state index contributed by atoms with van der Waals surface area (Å²) in [4.78, 5) is 15.2. The number of carbonyl (C=O) groups is 1. The van der Waals surface area contributed by atoms with Gasteiger partial charge in [-0.2, -0.15) is 0 Å². The van der Waals surface area contributed by atoms with Crippen molar-refractivity contribution in [1.82, 2.24) is 5.32 Å². The van der Waals surface area contributed by atoms with Gasteiger partial charge in [0.25, 0.3) is 0 Å². The van der Waals surface area contributed by atoms with Crippen molar-refractivity contribution in [3.8, 4) is 0 Å². The summed E-state index contributed by atoms with van der Waals surface area (Å²) in [6.45, 7) is 7.06. The average Bonchev–Trinajstić information content (AvgIpc) is 2.57. The van der Waals surface area contributed by atoms with E-state index in [4.69, 9.17) is 6.57 Å². The fraction of sp³-hybridized carbons (Fsp3) is 0.158. The van der Waals surface area contributed by atoms with E-state index in [9.17, 15) is 4.79 Å². The Bertz CT molecular complexity index is 744. The monoisotopic (exact) mass is 288 g/mol. The molecule has 0 bridgehead atoms. The van der Waals surface area contributed by atoms with Crippen molar-refractivity contribution in [3.63, 3.8) is 0 Å². The van der Waals surface area contributed by atoms with E-state index in [0.717, 1.165) is 11.1 Å². The standard InChI is InChI=1S/C19H16N2O/c1-20-16-9-5-8-15(12-16)13-17-18(21-19(17)22)11-10-14-6-3-2-4-7-14/h2-12,17-18H,13H2,(H,21,22)/t17-,18-/m1/s1. The number of amides is 1. The van der Waals surface area contributed by atoms with Crippen LogP contribution in [0.1, 0.15) is 11.1 Å². The summed E-state index contributed by atoms with van der Waals surface area (Å²) in [6, 6.07) is 17.6. The van der Waals surface area contributed by atoms with Crippen LogP contribution in [0.3, 0.4) is 0 Å². The van der Waals surface area contributed by atoms with E-state index in [-0.39, 0.29) is 17.9 Å². The zero-order chi connectivity index (χ0) is 15.4. The van der Waals surface area contributed by atoms with Crippen LogP contribution in [0.15, 0.2) is 60.7 Å². The Kier molecular flexibility index (Phi) is 4.02. The molecule has 108 valence electrons. The van der Waals surface area contributed by atoms with Crippen molar-refractivity contribution in [3.05, 3.63) is 83.2 Å². The largest absolute Gasteiger partial charge is 0.349 e. The van der Waals surface area contributed by atoms with Gasteiger partial charge in [0.1, 0.15) is 0 Å². The SMILES string of the molecule is [C-]#[N+]c1cccc(C[C@H]2C(=O)N[C@@H]2C=Cc2ccccc2)c1. The Hall–Kier alpha value is -2.86. The summed E-state index contributed by atoms with van der Waals surface area (Å²) in [7, 11) is 0. The number of rotatable bonds is 4. The summed E-state index contributed by atoms with van der Waals surface area (Å²) in [6.07, 6.45) is 4.74. The number of β-lactam (4-membered cyclic amide) rings is 1. The van der Waals surface area contributed by atoms with Gasteiger partial charge in [0.2, 0.25) is 5.91 Å². The summed E-state index contributed by atoms with van der Waals surface area (Å²) in [5.41, 5.74) is 2.78. The summed E-state index contributed by atoms with van der Waals surface area (Å²) in [5, 5.41) is 2.93. The van der Waals surface area contributed by atoms with E-state index in [2.05, 4.69) is 10.2 Å². The Morgan fingerprint density at radius 2 is 1.95 bits per heavy atom. The van der Waals surface area contributed by atoms with Gasteiger partial charge in [0.15, 0.2) is 5.69 Å². The van der Waals surface area contributed by atoms with E-state index < -0.39 is 0 Å². The molecule has 3 nitrogen and oxygen atoms in total. The first-order chi connectivity index (χ1) is 10.8. The van der Waals surface area contributed by atoms with Gasteiger partial charge in [-0.25, -0.2) is 4.85 Å². The van der Waals surface area contributed by atoms with Crippen LogP contribution in [-0.2, 0) is 11.2 Å². The third kappa shape index (κ3) is 3.07. The molecule has 0 aromatic heterocycles. The third-order valence-electron chi connectivity index (χ3n) is 3.87. The van der Waals surface area contributed by atoms with E-state index in [0.29, 0.717) is 12.1 Å². The zero-order valence-corrected chi connectivity index (χ0v) is 12.1. The lowest BCUT2D eigenvalue weighted by atomic mass is 9.84. The quantitative estimate of drug-likeness (QED) is 0.676. The minimum absolute atomic E-state index is 0.0547. The molecule has 1 heterocycles. The fourth-order valence-electron chi connectivity index (χ4n) is 2.63. The smallest absolute Gasteiger partial charge is 0.226 e. The van der Waals surface area contributed by atoms with Crippen LogP contribution >= 0.6 is 0 Å². The second kappa shape index (κ2) is 6.28. The van der Waals surface area contributed by atoms with Gasteiger partial charge < -0.3 is 5.32 Å². The highest BCUT2D eigenvalue weighted by Crippen LogP contribution is 2.24. The minimum atomic E-state index is -0.0547. The second-order valence-electron chi connectivity index (χ2n) is 5.40. The molecule has 1 aliphatic heterocycles. The second-order valence-corrected chi connectivity index (χ2v) is 5.40. The van der Waals surface area contributed by atoms with Gasteiger partial charge in [-0.1, -0.05) is 72.3 Å². The zero-order valence-electron chi connectivity index (χ0n) is 12.1. The number of nitrogens with one attached hydrogen (secondary N) is 1. The normalized spacial score (nSPS) is 20.2. The van der Waals surface area contributed by atoms with Gasteiger partial charge in [0.05, 0.1) is 18.5 Å². The number of hydrogen-bond donors (Lipinski definition) is 1. The lowest BCUT2D eigenvalue weighted by molar-refractivity contribution is -0.133. The molecule has 1 saturated heterocycles. The maximum absolute atomic E-state index is 11.8. The maximum atomic E-state index is 11.8. The summed E-state index contributed by atoms with van der Waals surface area (Å²) < 4.78 is 0. The lowest BCUT2D eigenvalue weighted by Gasteiger charge is -2.35. The number of nitrogens with zero attached hydrogens (tertiary/aromatic N) is 1. The van der Waals surface area contributed by atoms with Crippen molar-refractivity contribution in [2.24, 2.45) is 5.92 Å². The molecule has 0 saturated carbocycles. The van der Waals surface area contributed by atoms with Crippen LogP contribution in [0.2, 0.25) is 0 Å². The predicted molar refractivity (Wildman–Crippen MR) is 87.3 cm³/mol. The van der Waals surface area contributed by atoms with Gasteiger partial charge in [0, 0.05) is 0 Å². The topological polar surface area (TPSA) is 33.5 Å². The molecule has 3 rings (SSSR count). The van der Waals surface area contributed by atoms with Gasteiger partial charge in [-0.05, 0) is 12.0 Å². The van der Waals surface area contributed by atoms with Gasteiger partial charge in [-0.3, -0.25) is 4.79 Å². The molecular weight excluding hydrogens is 272 g/mol. The lowest BCUT2D eigenvalue weighted by Crippen LogP contribution is -2.57. The highest BCUT2D eigenvalue weighted by Gasteiger charge is 2.37. The van der Waals surface area contributed by atoms with Crippen LogP contribution in [0.5, 0.6) is 0 Å². The number of hydrogen-bond acceptors (Lipinski definition) is 1. The Morgan fingerprint density at radius 1 is 1.14 bits per heavy atom. The Balaban J connectivity index is 1.69. The number of carbonyl (C=O) groups excluding carboxylic acids is 1. The predicted octanol–water partition coefficient (Wildman–Crippen LogP) is 3.61. The van der Waals surface area contributed by atoms with Crippen LogP contribution in [0, 0.1) is 12.5 Å². The van der Waals surface area contributed by atoms with Crippen molar-refractivity contribution >= 4 is 17.7 Å². The van der Waals surface area contributed by atoms with E-state index in [1.807, 2.05) is 60.7 Å². The number of benzene rings is 2. The Labute approximate surface area is 130 Å². The highest BCUT2D eigenvalue weighted by atomic mass is 16.2. The van der Waals surface area contributed by atoms with Crippen molar-refractivity contribution in [1.29, 1.82) is 0 Å². The third-order valence-corrected chi connectivity index (χ3v) is 3.87. The van der Waals surface area contributed by atoms with E-state index in [1.165, 1.54) is 0 Å². The Morgan fingerprint density at radius 3 is 2.68 bits per heavy atom. The molecule has 2 aromatic carbocycles. The molecule has 3 heteroatoms. The molecule has 1 N–H and O–H groups in total. The molecule has 1 aliphatic rings. The van der Waals surface area contributed by atoms with Crippen LogP contribution in [0.25, 0.3) is 10.9 Å². The molecule has 2 atom stereocenters. The van der Waals surface area contributed by atoms with Crippen molar-refractivity contribution < 1.29 is 4.79 Å². The average molecular weight is 288 g/mol. The maximum Gasteiger partial charge on any atom is 0.226 e.